The predicted octanol–water partition coefficient (Wildman–Crippen LogP) is 19.7. The monoisotopic (exact) mass is 827 g/mol. The summed E-state index contributed by atoms with van der Waals surface area (Å²) in [7, 11) is 0. The number of hydrogen-bond acceptors (Lipinski definition) is 0. The van der Waals surface area contributed by atoms with Crippen LogP contribution in [0.1, 0.15) is 177 Å². The molecule has 0 heteroatoms. The largest absolute Gasteiger partial charge is 0.0587 e. The van der Waals surface area contributed by atoms with Crippen molar-refractivity contribution in [1.82, 2.24) is 0 Å². The summed E-state index contributed by atoms with van der Waals surface area (Å²) in [6.07, 6.45) is 0. The van der Waals surface area contributed by atoms with Crippen molar-refractivity contribution in [2.45, 2.75) is 138 Å². The van der Waals surface area contributed by atoms with Crippen LogP contribution in [0.2, 0.25) is 0 Å². The second-order valence-corrected chi connectivity index (χ2v) is 20.7. The molecule has 0 nitrogen and oxygen atoms in total. The molecule has 63 heavy (non-hydrogen) atoms. The Morgan fingerprint density at radius 2 is 0.460 bits per heavy atom. The van der Waals surface area contributed by atoms with Gasteiger partial charge in [0.1, 0.15) is 0 Å². The Labute approximate surface area is 379 Å². The van der Waals surface area contributed by atoms with Crippen molar-refractivity contribution in [1.29, 1.82) is 0 Å². The lowest BCUT2D eigenvalue weighted by molar-refractivity contribution is 0.793. The van der Waals surface area contributed by atoms with Crippen LogP contribution in [0.3, 0.4) is 0 Å². The van der Waals surface area contributed by atoms with Crippen LogP contribution in [0.4, 0.5) is 0 Å². The fourth-order valence-corrected chi connectivity index (χ4v) is 10.0. The molecule has 322 valence electrons. The fraction of sp³-hybridized carbons (Fsp3) is 0.333. The van der Waals surface area contributed by atoms with E-state index in [0.717, 1.165) is 0 Å². The van der Waals surface area contributed by atoms with E-state index in [9.17, 15) is 0 Å². The minimum absolute atomic E-state index is 0.371. The molecule has 0 radical (unpaired) electrons. The smallest absolute Gasteiger partial charge is 0.000139 e. The summed E-state index contributed by atoms with van der Waals surface area (Å²) in [4.78, 5) is 0. The quantitative estimate of drug-likeness (QED) is 0.114. The topological polar surface area (TPSA) is 0 Å². The van der Waals surface area contributed by atoms with Crippen LogP contribution in [0.5, 0.6) is 0 Å². The van der Waals surface area contributed by atoms with Crippen molar-refractivity contribution in [2.24, 2.45) is 0 Å². The molecule has 0 spiro atoms. The molecule has 0 aliphatic rings. The highest BCUT2D eigenvalue weighted by molar-refractivity contribution is 6.34. The van der Waals surface area contributed by atoms with Crippen LogP contribution in [-0.4, -0.2) is 0 Å². The van der Waals surface area contributed by atoms with Crippen LogP contribution < -0.4 is 0 Å². The minimum atomic E-state index is 0.371. The first-order valence-electron chi connectivity index (χ1n) is 24.0. The highest BCUT2D eigenvalue weighted by atomic mass is 14.3. The lowest BCUT2D eigenvalue weighted by Crippen LogP contribution is -2.03. The Bertz CT molecular complexity index is 2910. The van der Waals surface area contributed by atoms with E-state index in [-0.39, 0.29) is 0 Å². The third-order valence-electron chi connectivity index (χ3n) is 14.0. The molecular weight excluding hydrogens is 757 g/mol. The van der Waals surface area contributed by atoms with Crippen molar-refractivity contribution in [3.05, 3.63) is 166 Å². The molecule has 0 aliphatic carbocycles. The van der Waals surface area contributed by atoms with Gasteiger partial charge in [-0.1, -0.05) is 212 Å². The van der Waals surface area contributed by atoms with E-state index in [1.54, 1.807) is 0 Å². The van der Waals surface area contributed by atoms with Crippen LogP contribution in [0.25, 0.3) is 76.8 Å². The summed E-state index contributed by atoms with van der Waals surface area (Å²) in [6.45, 7) is 32.6. The molecule has 0 saturated carbocycles. The normalized spacial score (nSPS) is 12.3. The van der Waals surface area contributed by atoms with Gasteiger partial charge >= 0.3 is 0 Å². The van der Waals surface area contributed by atoms with Gasteiger partial charge in [-0.15, -0.1) is 0 Å². The second-order valence-electron chi connectivity index (χ2n) is 20.7. The average molecular weight is 827 g/mol. The van der Waals surface area contributed by atoms with Gasteiger partial charge in [-0.05, 0) is 169 Å². The molecule has 0 unspecified atom stereocenters. The third kappa shape index (κ3) is 8.16. The van der Waals surface area contributed by atoms with Gasteiger partial charge < -0.3 is 0 Å². The molecular formula is C63H70. The molecule has 0 amide bonds. The van der Waals surface area contributed by atoms with Crippen LogP contribution in [0, 0.1) is 0 Å². The number of benzene rings is 8. The third-order valence-corrected chi connectivity index (χ3v) is 14.0. The summed E-state index contributed by atoms with van der Waals surface area (Å²) in [5.74, 6) is 2.90. The highest BCUT2D eigenvalue weighted by Crippen LogP contribution is 2.55. The molecule has 0 heterocycles. The van der Waals surface area contributed by atoms with Crippen molar-refractivity contribution >= 4 is 32.3 Å². The van der Waals surface area contributed by atoms with Crippen LogP contribution in [0.15, 0.2) is 127 Å². The maximum atomic E-state index is 2.60. The SMILES string of the molecule is CC(C)c1ccc(-c2c3ccc(C(C)C)cc3c(-c3ccc(C(C)C)cc3)c3c(-c4ccc(C(C)C)cc4)c4cc(C(C)C)c(C(C)C)cc4c(-c4ccc(C(C)C)cc4)c23)cc1. The molecule has 8 aromatic carbocycles. The van der Waals surface area contributed by atoms with Gasteiger partial charge in [0.15, 0.2) is 0 Å². The zero-order valence-corrected chi connectivity index (χ0v) is 40.7. The van der Waals surface area contributed by atoms with E-state index in [2.05, 4.69) is 224 Å². The predicted molar refractivity (Wildman–Crippen MR) is 279 cm³/mol. The molecule has 0 saturated heterocycles. The fourth-order valence-electron chi connectivity index (χ4n) is 10.0. The first-order valence-corrected chi connectivity index (χ1v) is 24.0. The maximum absolute atomic E-state index is 2.60. The second kappa shape index (κ2) is 17.6. The molecule has 8 rings (SSSR count). The molecule has 0 fully saturated rings. The molecule has 0 aliphatic heterocycles. The molecule has 0 bridgehead atoms. The van der Waals surface area contributed by atoms with E-state index in [0.29, 0.717) is 41.4 Å². The van der Waals surface area contributed by atoms with Gasteiger partial charge in [-0.3, -0.25) is 0 Å². The lowest BCUT2D eigenvalue weighted by Gasteiger charge is -2.28. The Morgan fingerprint density at radius 3 is 0.714 bits per heavy atom. The van der Waals surface area contributed by atoms with E-state index >= 15 is 0 Å². The zero-order valence-electron chi connectivity index (χ0n) is 40.7. The standard InChI is InChI=1S/C63H70/c1-36(2)43-15-23-47(24-16-43)58-52-32-31-51(40(9)10)33-55(52)59(48-25-17-44(18-26-48)37(3)4)63-61(50-29-21-46(22-30-50)39(7)8)57-35-54(42(13)14)53(41(11)12)34-56(57)60(62(58)63)49-27-19-45(20-28-49)38(5)6/h15-42H,1-14H3. The Kier molecular flexibility index (Phi) is 12.3. The van der Waals surface area contributed by atoms with Crippen molar-refractivity contribution < 1.29 is 0 Å². The first kappa shape index (κ1) is 44.2. The Balaban J connectivity index is 1.75. The maximum Gasteiger partial charge on any atom is -0.000139 e. The van der Waals surface area contributed by atoms with Gasteiger partial charge in [0.2, 0.25) is 0 Å². The van der Waals surface area contributed by atoms with Gasteiger partial charge in [0.05, 0.1) is 0 Å². The molecule has 0 N–H and O–H groups in total. The first-order chi connectivity index (χ1) is 30.0. The van der Waals surface area contributed by atoms with Gasteiger partial charge in [0.25, 0.3) is 0 Å². The molecule has 8 aromatic rings. The minimum Gasteiger partial charge on any atom is -0.0587 e. The van der Waals surface area contributed by atoms with E-state index < -0.39 is 0 Å². The highest BCUT2D eigenvalue weighted by Gasteiger charge is 2.28. The van der Waals surface area contributed by atoms with E-state index in [1.807, 2.05) is 0 Å². The van der Waals surface area contributed by atoms with Crippen LogP contribution >= 0.6 is 0 Å². The van der Waals surface area contributed by atoms with Gasteiger partial charge in [-0.25, -0.2) is 0 Å². The zero-order chi connectivity index (χ0) is 45.0. The van der Waals surface area contributed by atoms with Crippen LogP contribution in [-0.2, 0) is 0 Å². The van der Waals surface area contributed by atoms with Crippen molar-refractivity contribution in [2.75, 3.05) is 0 Å². The van der Waals surface area contributed by atoms with Crippen molar-refractivity contribution in [3.8, 4) is 44.5 Å². The average Bonchev–Trinajstić information content (AvgIpc) is 3.26. The number of fused-ring (bicyclic) bond motifs is 3. The summed E-state index contributed by atoms with van der Waals surface area (Å²) in [5, 5.41) is 7.95. The summed E-state index contributed by atoms with van der Waals surface area (Å²) >= 11 is 0. The molecule has 0 aromatic heterocycles. The van der Waals surface area contributed by atoms with Gasteiger partial charge in [0, 0.05) is 0 Å². The summed E-state index contributed by atoms with van der Waals surface area (Å²) in [5.41, 5.74) is 20.0. The van der Waals surface area contributed by atoms with E-state index in [1.165, 1.54) is 116 Å². The number of rotatable bonds is 11. The Hall–Kier alpha value is -5.46. The van der Waals surface area contributed by atoms with E-state index in [4.69, 9.17) is 0 Å². The summed E-state index contributed by atoms with van der Waals surface area (Å²) in [6, 6.07) is 50.9. The number of hydrogen-bond donors (Lipinski definition) is 0. The molecule has 0 atom stereocenters. The van der Waals surface area contributed by atoms with Crippen molar-refractivity contribution in [3.63, 3.8) is 0 Å². The lowest BCUT2D eigenvalue weighted by atomic mass is 9.75. The summed E-state index contributed by atoms with van der Waals surface area (Å²) < 4.78 is 0. The van der Waals surface area contributed by atoms with Gasteiger partial charge in [-0.2, -0.15) is 0 Å². The Morgan fingerprint density at radius 1 is 0.222 bits per heavy atom.